The summed E-state index contributed by atoms with van der Waals surface area (Å²) in [5, 5.41) is 0.434. The third kappa shape index (κ3) is 4.47. The average Bonchev–Trinajstić information content (AvgIpc) is 2.68. The lowest BCUT2D eigenvalue weighted by atomic mass is 10.1. The van der Waals surface area contributed by atoms with E-state index in [9.17, 15) is 13.2 Å². The molecule has 0 saturated heterocycles. The highest BCUT2D eigenvalue weighted by atomic mass is 35.5. The molecule has 0 unspecified atom stereocenters. The van der Waals surface area contributed by atoms with Crippen LogP contribution in [0.15, 0.2) is 71.6 Å². The number of carbonyl (C=O) groups excluding carboxylic acids is 1. The fourth-order valence-electron chi connectivity index (χ4n) is 2.82. The van der Waals surface area contributed by atoms with E-state index in [4.69, 9.17) is 23.2 Å². The molecule has 0 bridgehead atoms. The Balaban J connectivity index is 2.17. The maximum atomic E-state index is 13.4. The number of anilines is 1. The van der Waals surface area contributed by atoms with Gasteiger partial charge in [0.2, 0.25) is 0 Å². The largest absolute Gasteiger partial charge is 0.273 e. The van der Waals surface area contributed by atoms with E-state index in [0.717, 1.165) is 21.9 Å². The summed E-state index contributed by atoms with van der Waals surface area (Å²) in [4.78, 5) is 13.4. The number of carbonyl (C=O) groups is 1. The zero-order valence-corrected chi connectivity index (χ0v) is 18.2. The molecule has 1 amide bonds. The van der Waals surface area contributed by atoms with Gasteiger partial charge in [-0.2, -0.15) is 4.31 Å². The Morgan fingerprint density at radius 1 is 0.931 bits per heavy atom. The van der Waals surface area contributed by atoms with Crippen molar-refractivity contribution >= 4 is 44.8 Å². The molecule has 150 valence electrons. The van der Waals surface area contributed by atoms with Gasteiger partial charge in [0, 0.05) is 5.02 Å². The van der Waals surface area contributed by atoms with E-state index in [-0.39, 0.29) is 21.2 Å². The molecular weight excluding hydrogens is 429 g/mol. The minimum absolute atomic E-state index is 0.0149. The summed E-state index contributed by atoms with van der Waals surface area (Å²) < 4.78 is 27.6. The molecule has 3 aromatic carbocycles. The first-order chi connectivity index (χ1) is 13.7. The van der Waals surface area contributed by atoms with Crippen LogP contribution in [0.5, 0.6) is 0 Å². The van der Waals surface area contributed by atoms with Crippen LogP contribution in [0.1, 0.15) is 28.4 Å². The highest BCUT2D eigenvalue weighted by Crippen LogP contribution is 2.30. The molecule has 29 heavy (non-hydrogen) atoms. The summed E-state index contributed by atoms with van der Waals surface area (Å²) in [6.07, 6.45) is 0.794. The molecule has 0 spiro atoms. The molecule has 0 aliphatic carbocycles. The van der Waals surface area contributed by atoms with E-state index in [0.29, 0.717) is 5.02 Å². The van der Waals surface area contributed by atoms with Gasteiger partial charge < -0.3 is 0 Å². The highest BCUT2D eigenvalue weighted by molar-refractivity contribution is 7.93. The second-order valence-corrected chi connectivity index (χ2v) is 9.16. The Hall–Kier alpha value is -2.34. The molecule has 4 nitrogen and oxygen atoms in total. The van der Waals surface area contributed by atoms with E-state index in [2.05, 4.69) is 0 Å². The highest BCUT2D eigenvalue weighted by Gasteiger charge is 2.32. The number of aryl methyl sites for hydroxylation is 2. The predicted octanol–water partition coefficient (Wildman–Crippen LogP) is 5.90. The summed E-state index contributed by atoms with van der Waals surface area (Å²) in [5.74, 6) is -0.753. The van der Waals surface area contributed by atoms with Crippen molar-refractivity contribution in [3.8, 4) is 0 Å². The first-order valence-electron chi connectivity index (χ1n) is 8.94. The first-order valence-corrected chi connectivity index (χ1v) is 11.1. The first kappa shape index (κ1) is 21.4. The average molecular weight is 448 g/mol. The smallest absolute Gasteiger partial charge is 0.268 e. The van der Waals surface area contributed by atoms with Gasteiger partial charge in [0.15, 0.2) is 0 Å². The third-order valence-corrected chi connectivity index (χ3v) is 6.76. The van der Waals surface area contributed by atoms with Crippen LogP contribution in [-0.2, 0) is 16.4 Å². The van der Waals surface area contributed by atoms with Crippen LogP contribution in [-0.4, -0.2) is 14.3 Å². The molecule has 0 aromatic heterocycles. The second-order valence-electron chi connectivity index (χ2n) is 6.53. The second kappa shape index (κ2) is 8.57. The molecule has 0 saturated carbocycles. The van der Waals surface area contributed by atoms with Crippen molar-refractivity contribution in [2.45, 2.75) is 25.2 Å². The molecule has 3 aromatic rings. The van der Waals surface area contributed by atoms with E-state index in [1.807, 2.05) is 13.8 Å². The van der Waals surface area contributed by atoms with Crippen molar-refractivity contribution < 1.29 is 13.2 Å². The summed E-state index contributed by atoms with van der Waals surface area (Å²) >= 11 is 12.1. The molecule has 0 radical (unpaired) electrons. The topological polar surface area (TPSA) is 54.5 Å². The van der Waals surface area contributed by atoms with Gasteiger partial charge in [0.25, 0.3) is 15.9 Å². The molecule has 0 heterocycles. The lowest BCUT2D eigenvalue weighted by molar-refractivity contribution is 0.101. The molecule has 0 aliphatic heterocycles. The Labute approximate surface area is 180 Å². The van der Waals surface area contributed by atoms with Crippen molar-refractivity contribution in [1.82, 2.24) is 0 Å². The molecule has 0 atom stereocenters. The van der Waals surface area contributed by atoms with Crippen molar-refractivity contribution in [2.24, 2.45) is 0 Å². The standard InChI is InChI=1S/C22H19Cl2NO3S/c1-3-16-6-9-18(10-7-16)25(22(26)20-13-8-17(23)14-21(20)24)29(27,28)19-11-4-15(2)5-12-19/h4-14H,3H2,1-2H3. The number of rotatable bonds is 5. The number of nitrogens with zero attached hydrogens (tertiary/aromatic N) is 1. The molecule has 7 heteroatoms. The van der Waals surface area contributed by atoms with Crippen LogP contribution >= 0.6 is 23.2 Å². The van der Waals surface area contributed by atoms with Gasteiger partial charge in [-0.05, 0) is 61.4 Å². The Bertz CT molecular complexity index is 1140. The maximum Gasteiger partial charge on any atom is 0.273 e. The molecule has 0 fully saturated rings. The molecular formula is C22H19Cl2NO3S. The monoisotopic (exact) mass is 447 g/mol. The van der Waals surface area contributed by atoms with E-state index in [1.54, 1.807) is 36.4 Å². The zero-order chi connectivity index (χ0) is 21.2. The van der Waals surface area contributed by atoms with Crippen LogP contribution in [0.2, 0.25) is 10.0 Å². The van der Waals surface area contributed by atoms with Crippen molar-refractivity contribution in [3.05, 3.63) is 93.5 Å². The third-order valence-electron chi connectivity index (χ3n) is 4.48. The normalized spacial score (nSPS) is 11.3. The lowest BCUT2D eigenvalue weighted by Crippen LogP contribution is -2.37. The molecule has 0 N–H and O–H groups in total. The SMILES string of the molecule is CCc1ccc(N(C(=O)c2ccc(Cl)cc2Cl)S(=O)(=O)c2ccc(C)cc2)cc1. The predicted molar refractivity (Wildman–Crippen MR) is 117 cm³/mol. The number of benzene rings is 3. The Kier molecular flexibility index (Phi) is 6.32. The van der Waals surface area contributed by atoms with Crippen LogP contribution in [0.3, 0.4) is 0 Å². The number of hydrogen-bond acceptors (Lipinski definition) is 3. The summed E-state index contributed by atoms with van der Waals surface area (Å²) in [6.45, 7) is 3.85. The van der Waals surface area contributed by atoms with Crippen LogP contribution in [0.25, 0.3) is 0 Å². The number of amides is 1. The van der Waals surface area contributed by atoms with E-state index < -0.39 is 15.9 Å². The van der Waals surface area contributed by atoms with Gasteiger partial charge in [-0.15, -0.1) is 0 Å². The van der Waals surface area contributed by atoms with E-state index in [1.165, 1.54) is 30.3 Å². The molecule has 3 rings (SSSR count). The zero-order valence-electron chi connectivity index (χ0n) is 15.9. The van der Waals surface area contributed by atoms with Gasteiger partial charge >= 0.3 is 0 Å². The van der Waals surface area contributed by atoms with Crippen LogP contribution in [0.4, 0.5) is 5.69 Å². The summed E-state index contributed by atoms with van der Waals surface area (Å²) in [5.41, 5.74) is 2.22. The van der Waals surface area contributed by atoms with Gasteiger partial charge in [-0.3, -0.25) is 4.79 Å². The van der Waals surface area contributed by atoms with Gasteiger partial charge in [0.05, 0.1) is 21.2 Å². The number of hydrogen-bond donors (Lipinski definition) is 0. The maximum absolute atomic E-state index is 13.4. The Morgan fingerprint density at radius 3 is 2.10 bits per heavy atom. The van der Waals surface area contributed by atoms with Crippen molar-refractivity contribution in [1.29, 1.82) is 0 Å². The number of halogens is 2. The minimum atomic E-state index is -4.17. The van der Waals surface area contributed by atoms with Crippen molar-refractivity contribution in [3.63, 3.8) is 0 Å². The lowest BCUT2D eigenvalue weighted by Gasteiger charge is -2.23. The molecule has 0 aliphatic rings. The van der Waals surface area contributed by atoms with Crippen LogP contribution < -0.4 is 4.31 Å². The summed E-state index contributed by atoms with van der Waals surface area (Å²) in [7, 11) is -4.17. The van der Waals surface area contributed by atoms with Gasteiger partial charge in [-0.1, -0.05) is 60.0 Å². The number of sulfonamides is 1. The summed E-state index contributed by atoms with van der Waals surface area (Å²) in [6, 6.07) is 17.5. The fourth-order valence-corrected chi connectivity index (χ4v) is 4.72. The quantitative estimate of drug-likeness (QED) is 0.488. The minimum Gasteiger partial charge on any atom is -0.268 e. The van der Waals surface area contributed by atoms with Gasteiger partial charge in [0.1, 0.15) is 0 Å². The van der Waals surface area contributed by atoms with Crippen molar-refractivity contribution in [2.75, 3.05) is 4.31 Å². The fraction of sp³-hybridized carbons (Fsp3) is 0.136. The van der Waals surface area contributed by atoms with Gasteiger partial charge in [-0.25, -0.2) is 8.42 Å². The van der Waals surface area contributed by atoms with Crippen LogP contribution in [0, 0.1) is 6.92 Å². The van der Waals surface area contributed by atoms with E-state index >= 15 is 0 Å². The Morgan fingerprint density at radius 2 is 1.55 bits per heavy atom.